The lowest BCUT2D eigenvalue weighted by Gasteiger charge is -2.15. The lowest BCUT2D eigenvalue weighted by Crippen LogP contribution is -2.27. The molecule has 0 spiro atoms. The number of para-hydroxylation sites is 1. The number of aromatic hydroxyl groups is 1. The van der Waals surface area contributed by atoms with E-state index in [1.54, 1.807) is 13.2 Å². The molecule has 1 aliphatic carbocycles. The number of nitrogens with one attached hydrogen (secondary N) is 1. The van der Waals surface area contributed by atoms with Crippen LogP contribution in [0.1, 0.15) is 24.8 Å². The smallest absolute Gasteiger partial charge is 0.162 e. The molecule has 1 aliphatic heterocycles. The van der Waals surface area contributed by atoms with Gasteiger partial charge in [0.25, 0.3) is 0 Å². The maximum absolute atomic E-state index is 10.0. The Hall–Kier alpha value is -1.26. The maximum Gasteiger partial charge on any atom is 0.162 e. The molecule has 0 amide bonds. The molecule has 1 saturated carbocycles. The number of hydrogen-bond acceptors (Lipinski definition) is 4. The molecule has 4 heteroatoms. The van der Waals surface area contributed by atoms with Gasteiger partial charge in [-0.25, -0.2) is 0 Å². The molecule has 0 bridgehead atoms. The average molecular weight is 276 g/mol. The van der Waals surface area contributed by atoms with Gasteiger partial charge >= 0.3 is 0 Å². The van der Waals surface area contributed by atoms with E-state index < -0.39 is 0 Å². The number of hydrogen-bond donors (Lipinski definition) is 2. The molecule has 1 aromatic carbocycles. The number of likely N-dealkylation sites (tertiary alicyclic amines) is 1. The molecule has 4 nitrogen and oxygen atoms in total. The van der Waals surface area contributed by atoms with Crippen molar-refractivity contribution < 1.29 is 9.84 Å². The Labute approximate surface area is 120 Å². The molecule has 110 valence electrons. The number of phenolic OH excluding ortho intramolecular Hbond substituents is 1. The molecule has 0 aromatic heterocycles. The minimum atomic E-state index is 0.258. The molecule has 2 fully saturated rings. The molecule has 1 aromatic rings. The highest BCUT2D eigenvalue weighted by molar-refractivity contribution is 5.45. The van der Waals surface area contributed by atoms with Gasteiger partial charge in [-0.1, -0.05) is 12.1 Å². The van der Waals surface area contributed by atoms with Crippen LogP contribution in [-0.2, 0) is 6.54 Å². The first-order valence-electron chi connectivity index (χ1n) is 7.57. The number of benzene rings is 1. The van der Waals surface area contributed by atoms with Crippen LogP contribution in [0.15, 0.2) is 18.2 Å². The predicted octanol–water partition coefficient (Wildman–Crippen LogP) is 1.97. The Morgan fingerprint density at radius 3 is 2.95 bits per heavy atom. The van der Waals surface area contributed by atoms with Crippen LogP contribution in [0.3, 0.4) is 0 Å². The molecule has 1 unspecified atom stereocenters. The van der Waals surface area contributed by atoms with Crippen molar-refractivity contribution in [3.63, 3.8) is 0 Å². The Morgan fingerprint density at radius 2 is 2.20 bits per heavy atom. The average Bonchev–Trinajstić information content (AvgIpc) is 3.21. The fraction of sp³-hybridized carbons (Fsp3) is 0.625. The molecule has 0 radical (unpaired) electrons. The summed E-state index contributed by atoms with van der Waals surface area (Å²) in [7, 11) is 1.58. The third-order valence-electron chi connectivity index (χ3n) is 4.43. The van der Waals surface area contributed by atoms with E-state index in [1.807, 2.05) is 12.1 Å². The number of rotatable bonds is 6. The monoisotopic (exact) mass is 276 g/mol. The lowest BCUT2D eigenvalue weighted by molar-refractivity contribution is 0.311. The fourth-order valence-corrected chi connectivity index (χ4v) is 3.09. The summed E-state index contributed by atoms with van der Waals surface area (Å²) in [6.07, 6.45) is 4.10. The molecule has 2 aliphatic rings. The first-order valence-corrected chi connectivity index (χ1v) is 7.57. The van der Waals surface area contributed by atoms with Crippen LogP contribution in [0.4, 0.5) is 0 Å². The summed E-state index contributed by atoms with van der Waals surface area (Å²) in [6, 6.07) is 6.53. The van der Waals surface area contributed by atoms with Crippen LogP contribution < -0.4 is 10.1 Å². The zero-order valence-corrected chi connectivity index (χ0v) is 12.1. The summed E-state index contributed by atoms with van der Waals surface area (Å²) >= 11 is 0. The summed E-state index contributed by atoms with van der Waals surface area (Å²) in [4.78, 5) is 2.63. The van der Waals surface area contributed by atoms with E-state index in [0.717, 1.165) is 24.1 Å². The largest absolute Gasteiger partial charge is 0.504 e. The molecule has 1 saturated heterocycles. The maximum atomic E-state index is 10.0. The third-order valence-corrected chi connectivity index (χ3v) is 4.43. The molecule has 2 N–H and O–H groups in total. The molecule has 3 rings (SSSR count). The van der Waals surface area contributed by atoms with Crippen LogP contribution >= 0.6 is 0 Å². The minimum absolute atomic E-state index is 0.258. The van der Waals surface area contributed by atoms with E-state index in [9.17, 15) is 5.11 Å². The quantitative estimate of drug-likeness (QED) is 0.834. The second kappa shape index (κ2) is 6.02. The van der Waals surface area contributed by atoms with Crippen molar-refractivity contribution in [2.24, 2.45) is 5.92 Å². The first-order chi connectivity index (χ1) is 9.78. The lowest BCUT2D eigenvalue weighted by atomic mass is 10.1. The molecular formula is C16H24N2O2. The van der Waals surface area contributed by atoms with E-state index in [2.05, 4.69) is 10.2 Å². The zero-order chi connectivity index (χ0) is 13.9. The van der Waals surface area contributed by atoms with Crippen molar-refractivity contribution >= 4 is 0 Å². The number of ether oxygens (including phenoxy) is 1. The van der Waals surface area contributed by atoms with E-state index >= 15 is 0 Å². The van der Waals surface area contributed by atoms with E-state index in [1.165, 1.54) is 32.4 Å². The van der Waals surface area contributed by atoms with Gasteiger partial charge in [-0.3, -0.25) is 0 Å². The van der Waals surface area contributed by atoms with Crippen LogP contribution in [-0.4, -0.2) is 42.8 Å². The molecule has 1 heterocycles. The standard InChI is InChI=1S/C16H24N2O2/c1-20-15-4-2-3-13(16(15)19)10-17-9-12-7-8-18(11-12)14-5-6-14/h2-4,12,14,17,19H,5-11H2,1H3. The van der Waals surface area contributed by atoms with Gasteiger partial charge in [-0.05, 0) is 44.3 Å². The van der Waals surface area contributed by atoms with Crippen molar-refractivity contribution in [1.29, 1.82) is 0 Å². The third kappa shape index (κ3) is 3.07. The van der Waals surface area contributed by atoms with Gasteiger partial charge in [0.1, 0.15) is 0 Å². The normalized spacial score (nSPS) is 23.1. The highest BCUT2D eigenvalue weighted by Gasteiger charge is 2.33. The van der Waals surface area contributed by atoms with Gasteiger partial charge in [0.2, 0.25) is 0 Å². The van der Waals surface area contributed by atoms with E-state index in [0.29, 0.717) is 12.3 Å². The molecular weight excluding hydrogens is 252 g/mol. The molecule has 1 atom stereocenters. The van der Waals surface area contributed by atoms with Crippen molar-refractivity contribution in [2.75, 3.05) is 26.7 Å². The second-order valence-corrected chi connectivity index (χ2v) is 5.98. The van der Waals surface area contributed by atoms with Crippen LogP contribution in [0.5, 0.6) is 11.5 Å². The summed E-state index contributed by atoms with van der Waals surface area (Å²) in [5.74, 6) is 1.56. The van der Waals surface area contributed by atoms with E-state index in [4.69, 9.17) is 4.74 Å². The summed E-state index contributed by atoms with van der Waals surface area (Å²) in [6.45, 7) is 4.23. The Bertz CT molecular complexity index is 460. The first kappa shape index (κ1) is 13.7. The predicted molar refractivity (Wildman–Crippen MR) is 79.1 cm³/mol. The highest BCUT2D eigenvalue weighted by Crippen LogP contribution is 2.32. The number of methoxy groups -OCH3 is 1. The number of phenols is 1. The topological polar surface area (TPSA) is 44.7 Å². The second-order valence-electron chi connectivity index (χ2n) is 5.98. The van der Waals surface area contributed by atoms with Crippen LogP contribution in [0.25, 0.3) is 0 Å². The number of nitrogens with zero attached hydrogens (tertiary/aromatic N) is 1. The van der Waals surface area contributed by atoms with Gasteiger partial charge in [0.15, 0.2) is 11.5 Å². The van der Waals surface area contributed by atoms with Gasteiger partial charge in [-0.15, -0.1) is 0 Å². The van der Waals surface area contributed by atoms with Crippen LogP contribution in [0.2, 0.25) is 0 Å². The van der Waals surface area contributed by atoms with Crippen LogP contribution in [0, 0.1) is 5.92 Å². The van der Waals surface area contributed by atoms with Crippen molar-refractivity contribution in [3.8, 4) is 11.5 Å². The minimum Gasteiger partial charge on any atom is -0.504 e. The summed E-state index contributed by atoms with van der Waals surface area (Å²) in [5.41, 5.74) is 0.904. The SMILES string of the molecule is COc1cccc(CNCC2CCN(C3CC3)C2)c1O. The van der Waals surface area contributed by atoms with Crippen molar-refractivity contribution in [3.05, 3.63) is 23.8 Å². The summed E-state index contributed by atoms with van der Waals surface area (Å²) in [5, 5.41) is 13.5. The highest BCUT2D eigenvalue weighted by atomic mass is 16.5. The van der Waals surface area contributed by atoms with Gasteiger partial charge in [0, 0.05) is 24.7 Å². The Balaban J connectivity index is 1.45. The van der Waals surface area contributed by atoms with Gasteiger partial charge < -0.3 is 20.1 Å². The molecule has 20 heavy (non-hydrogen) atoms. The zero-order valence-electron chi connectivity index (χ0n) is 12.1. The van der Waals surface area contributed by atoms with Gasteiger partial charge in [-0.2, -0.15) is 0 Å². The van der Waals surface area contributed by atoms with E-state index in [-0.39, 0.29) is 5.75 Å². The van der Waals surface area contributed by atoms with Crippen molar-refractivity contribution in [1.82, 2.24) is 10.2 Å². The Morgan fingerprint density at radius 1 is 1.35 bits per heavy atom. The van der Waals surface area contributed by atoms with Gasteiger partial charge in [0.05, 0.1) is 7.11 Å². The fourth-order valence-electron chi connectivity index (χ4n) is 3.09. The Kier molecular flexibility index (Phi) is 4.13. The summed E-state index contributed by atoms with van der Waals surface area (Å²) < 4.78 is 5.13. The van der Waals surface area contributed by atoms with Crippen molar-refractivity contribution in [2.45, 2.75) is 31.8 Å².